The molecule has 8 heteroatoms. The van der Waals surface area contributed by atoms with Gasteiger partial charge in [0, 0.05) is 11.6 Å². The molecule has 1 amide bonds. The summed E-state index contributed by atoms with van der Waals surface area (Å²) in [7, 11) is 0. The SMILES string of the molecule is O=C(Nc1ccc(NC2CCCC2)nn1)c1ccc(O[C@H]2CC[C@@H](C(=O)O)CC2)cc1. The Kier molecular flexibility index (Phi) is 6.64. The van der Waals surface area contributed by atoms with Crippen LogP contribution in [0.1, 0.15) is 61.7 Å². The number of benzene rings is 1. The summed E-state index contributed by atoms with van der Waals surface area (Å²) in [6.45, 7) is 0. The summed E-state index contributed by atoms with van der Waals surface area (Å²) in [5, 5.41) is 23.5. The maximum Gasteiger partial charge on any atom is 0.306 e. The molecule has 0 spiro atoms. The molecule has 0 aliphatic heterocycles. The Hall–Kier alpha value is -3.16. The minimum atomic E-state index is -0.724. The van der Waals surface area contributed by atoms with Crippen molar-refractivity contribution in [3.05, 3.63) is 42.0 Å². The van der Waals surface area contributed by atoms with Crippen LogP contribution in [-0.4, -0.2) is 39.3 Å². The second-order valence-corrected chi connectivity index (χ2v) is 8.34. The lowest BCUT2D eigenvalue weighted by atomic mass is 9.87. The van der Waals surface area contributed by atoms with Gasteiger partial charge < -0.3 is 20.5 Å². The Labute approximate surface area is 181 Å². The first-order valence-electron chi connectivity index (χ1n) is 11.0. The Morgan fingerprint density at radius 1 is 0.871 bits per heavy atom. The van der Waals surface area contributed by atoms with E-state index in [2.05, 4.69) is 20.8 Å². The van der Waals surface area contributed by atoms with Gasteiger partial charge in [-0.1, -0.05) is 12.8 Å². The van der Waals surface area contributed by atoms with E-state index in [1.165, 1.54) is 12.8 Å². The van der Waals surface area contributed by atoms with Crippen molar-refractivity contribution in [1.29, 1.82) is 0 Å². The van der Waals surface area contributed by atoms with Gasteiger partial charge in [-0.15, -0.1) is 10.2 Å². The highest BCUT2D eigenvalue weighted by Gasteiger charge is 2.27. The fourth-order valence-electron chi connectivity index (χ4n) is 4.25. The van der Waals surface area contributed by atoms with E-state index in [0.717, 1.165) is 31.5 Å². The quantitative estimate of drug-likeness (QED) is 0.613. The molecular weight excluding hydrogens is 396 g/mol. The first-order valence-corrected chi connectivity index (χ1v) is 11.0. The van der Waals surface area contributed by atoms with Crippen LogP contribution in [0, 0.1) is 5.92 Å². The summed E-state index contributed by atoms with van der Waals surface area (Å²) in [6, 6.07) is 11.0. The second kappa shape index (κ2) is 9.76. The first-order chi connectivity index (χ1) is 15.1. The molecule has 2 aliphatic rings. The van der Waals surface area contributed by atoms with E-state index in [1.807, 2.05) is 6.07 Å². The average molecular weight is 425 g/mol. The van der Waals surface area contributed by atoms with Crippen LogP contribution in [0.5, 0.6) is 5.75 Å². The molecule has 8 nitrogen and oxygen atoms in total. The number of carboxylic acids is 1. The van der Waals surface area contributed by atoms with E-state index in [-0.39, 0.29) is 17.9 Å². The fourth-order valence-corrected chi connectivity index (χ4v) is 4.25. The summed E-state index contributed by atoms with van der Waals surface area (Å²) >= 11 is 0. The van der Waals surface area contributed by atoms with Crippen molar-refractivity contribution in [1.82, 2.24) is 10.2 Å². The number of anilines is 2. The van der Waals surface area contributed by atoms with Crippen LogP contribution < -0.4 is 15.4 Å². The number of carbonyl (C=O) groups excluding carboxylic acids is 1. The van der Waals surface area contributed by atoms with Crippen molar-refractivity contribution in [2.75, 3.05) is 10.6 Å². The number of aromatic nitrogens is 2. The molecule has 2 fully saturated rings. The van der Waals surface area contributed by atoms with Crippen molar-refractivity contribution >= 4 is 23.5 Å². The molecule has 0 atom stereocenters. The van der Waals surface area contributed by atoms with Gasteiger partial charge in [-0.3, -0.25) is 9.59 Å². The molecule has 2 aliphatic carbocycles. The first kappa shape index (κ1) is 21.1. The Morgan fingerprint density at radius 3 is 2.13 bits per heavy atom. The Balaban J connectivity index is 1.26. The molecule has 31 heavy (non-hydrogen) atoms. The number of nitrogens with one attached hydrogen (secondary N) is 2. The molecule has 2 saturated carbocycles. The number of aliphatic carboxylic acids is 1. The van der Waals surface area contributed by atoms with Crippen molar-refractivity contribution in [2.24, 2.45) is 5.92 Å². The monoisotopic (exact) mass is 424 g/mol. The molecule has 3 N–H and O–H groups in total. The molecule has 164 valence electrons. The van der Waals surface area contributed by atoms with Gasteiger partial charge in [0.1, 0.15) is 11.6 Å². The van der Waals surface area contributed by atoms with Gasteiger partial charge in [0.25, 0.3) is 5.91 Å². The Bertz CT molecular complexity index is 887. The van der Waals surface area contributed by atoms with Gasteiger partial charge in [0.15, 0.2) is 5.82 Å². The van der Waals surface area contributed by atoms with Gasteiger partial charge in [-0.25, -0.2) is 0 Å². The number of hydrogen-bond donors (Lipinski definition) is 3. The number of carboxylic acid groups (broad SMARTS) is 1. The number of hydrogen-bond acceptors (Lipinski definition) is 6. The van der Waals surface area contributed by atoms with Crippen molar-refractivity contribution in [3.8, 4) is 5.75 Å². The lowest BCUT2D eigenvalue weighted by molar-refractivity contribution is -0.143. The summed E-state index contributed by atoms with van der Waals surface area (Å²) in [5.74, 6) is 0.554. The minimum absolute atomic E-state index is 0.0157. The van der Waals surface area contributed by atoms with Gasteiger partial charge >= 0.3 is 5.97 Å². The van der Waals surface area contributed by atoms with Gasteiger partial charge in [-0.2, -0.15) is 0 Å². The molecule has 0 unspecified atom stereocenters. The number of rotatable bonds is 7. The highest BCUT2D eigenvalue weighted by atomic mass is 16.5. The lowest BCUT2D eigenvalue weighted by Crippen LogP contribution is -2.27. The third-order valence-corrected chi connectivity index (χ3v) is 6.06. The second-order valence-electron chi connectivity index (χ2n) is 8.34. The van der Waals surface area contributed by atoms with Gasteiger partial charge in [0.05, 0.1) is 12.0 Å². The lowest BCUT2D eigenvalue weighted by Gasteiger charge is -2.26. The van der Waals surface area contributed by atoms with Crippen LogP contribution in [0.3, 0.4) is 0 Å². The maximum atomic E-state index is 12.5. The predicted molar refractivity (Wildman–Crippen MR) is 116 cm³/mol. The number of carbonyl (C=O) groups is 2. The number of nitrogens with zero attached hydrogens (tertiary/aromatic N) is 2. The zero-order valence-corrected chi connectivity index (χ0v) is 17.4. The molecule has 0 radical (unpaired) electrons. The molecule has 1 heterocycles. The Morgan fingerprint density at radius 2 is 1.52 bits per heavy atom. The van der Waals surface area contributed by atoms with Crippen LogP contribution in [0.4, 0.5) is 11.6 Å². The third-order valence-electron chi connectivity index (χ3n) is 6.06. The van der Waals surface area contributed by atoms with Crippen LogP contribution >= 0.6 is 0 Å². The molecule has 0 bridgehead atoms. The number of amides is 1. The standard InChI is InChI=1S/C23H28N4O4/c28-22(25-21-14-13-20(26-27-21)24-17-3-1-2-4-17)15-5-9-18(10-6-15)31-19-11-7-16(8-12-19)23(29)30/h5-6,9-10,13-14,16-17,19H,1-4,7-8,11-12H2,(H,24,26)(H,29,30)(H,25,27,28)/t16-,19+. The number of ether oxygens (including phenoxy) is 1. The predicted octanol–water partition coefficient (Wildman–Crippen LogP) is 4.11. The van der Waals surface area contributed by atoms with Crippen molar-refractivity contribution in [3.63, 3.8) is 0 Å². The van der Waals surface area contributed by atoms with Crippen molar-refractivity contribution in [2.45, 2.75) is 63.5 Å². The fraction of sp³-hybridized carbons (Fsp3) is 0.478. The van der Waals surface area contributed by atoms with E-state index in [0.29, 0.717) is 36.0 Å². The molecule has 4 rings (SSSR count). The van der Waals surface area contributed by atoms with E-state index < -0.39 is 5.97 Å². The van der Waals surface area contributed by atoms with Crippen LogP contribution in [-0.2, 0) is 4.79 Å². The zero-order chi connectivity index (χ0) is 21.6. The van der Waals surface area contributed by atoms with Crippen LogP contribution in [0.25, 0.3) is 0 Å². The smallest absolute Gasteiger partial charge is 0.306 e. The van der Waals surface area contributed by atoms with Gasteiger partial charge in [0.2, 0.25) is 0 Å². The highest BCUT2D eigenvalue weighted by Crippen LogP contribution is 2.28. The summed E-state index contributed by atoms with van der Waals surface area (Å²) in [5.41, 5.74) is 0.497. The maximum absolute atomic E-state index is 12.5. The summed E-state index contributed by atoms with van der Waals surface area (Å²) in [6.07, 6.45) is 7.54. The van der Waals surface area contributed by atoms with E-state index >= 15 is 0 Å². The van der Waals surface area contributed by atoms with Crippen LogP contribution in [0.2, 0.25) is 0 Å². The largest absolute Gasteiger partial charge is 0.490 e. The molecular formula is C23H28N4O4. The van der Waals surface area contributed by atoms with E-state index in [4.69, 9.17) is 9.84 Å². The average Bonchev–Trinajstić information content (AvgIpc) is 3.29. The van der Waals surface area contributed by atoms with Gasteiger partial charge in [-0.05, 0) is 74.9 Å². The molecule has 0 saturated heterocycles. The summed E-state index contributed by atoms with van der Waals surface area (Å²) < 4.78 is 5.95. The van der Waals surface area contributed by atoms with E-state index in [1.54, 1.807) is 30.3 Å². The topological polar surface area (TPSA) is 113 Å². The van der Waals surface area contributed by atoms with Crippen molar-refractivity contribution < 1.29 is 19.4 Å². The van der Waals surface area contributed by atoms with E-state index in [9.17, 15) is 9.59 Å². The zero-order valence-electron chi connectivity index (χ0n) is 17.4. The molecule has 1 aromatic carbocycles. The summed E-state index contributed by atoms with van der Waals surface area (Å²) in [4.78, 5) is 23.5. The molecule has 2 aromatic rings. The minimum Gasteiger partial charge on any atom is -0.490 e. The molecule has 1 aromatic heterocycles. The highest BCUT2D eigenvalue weighted by molar-refractivity contribution is 6.03. The normalized spacial score (nSPS) is 21.4. The van der Waals surface area contributed by atoms with Crippen LogP contribution in [0.15, 0.2) is 36.4 Å². The third kappa shape index (κ3) is 5.71.